The minimum atomic E-state index is -0.138. The van der Waals surface area contributed by atoms with Crippen LogP contribution in [0.3, 0.4) is 0 Å². The van der Waals surface area contributed by atoms with Crippen LogP contribution in [0.4, 0.5) is 0 Å². The molecule has 0 radical (unpaired) electrons. The second-order valence-electron chi connectivity index (χ2n) is 8.62. The van der Waals surface area contributed by atoms with Crippen LogP contribution >= 0.6 is 0 Å². The molecule has 4 aromatic rings. The van der Waals surface area contributed by atoms with Crippen molar-refractivity contribution in [2.24, 2.45) is 0 Å². The van der Waals surface area contributed by atoms with Crippen LogP contribution < -0.4 is 15.0 Å². The average molecular weight is 456 g/mol. The van der Waals surface area contributed by atoms with Gasteiger partial charge in [0.25, 0.3) is 5.56 Å². The lowest BCUT2D eigenvalue weighted by Crippen LogP contribution is -2.23. The number of benzene rings is 3. The second kappa shape index (κ2) is 11.1. The fourth-order valence-corrected chi connectivity index (χ4v) is 4.49. The molecule has 176 valence electrons. The molecule has 34 heavy (non-hydrogen) atoms. The molecule has 4 heteroatoms. The van der Waals surface area contributed by atoms with Gasteiger partial charge in [0.15, 0.2) is 5.75 Å². The summed E-state index contributed by atoms with van der Waals surface area (Å²) in [7, 11) is 1.57. The summed E-state index contributed by atoms with van der Waals surface area (Å²) >= 11 is 0. The summed E-state index contributed by atoms with van der Waals surface area (Å²) in [4.78, 5) is 13.6. The summed E-state index contributed by atoms with van der Waals surface area (Å²) in [6, 6.07) is 26.1. The molecule has 0 aliphatic carbocycles. The van der Waals surface area contributed by atoms with E-state index >= 15 is 0 Å². The monoisotopic (exact) mass is 455 g/mol. The Morgan fingerprint density at radius 2 is 1.68 bits per heavy atom. The molecule has 1 aromatic heterocycles. The molecular formula is C30H33NO3. The average Bonchev–Trinajstić information content (AvgIpc) is 2.88. The molecule has 0 bridgehead atoms. The van der Waals surface area contributed by atoms with Gasteiger partial charge in [-0.3, -0.25) is 4.79 Å². The molecule has 4 rings (SSSR count). The summed E-state index contributed by atoms with van der Waals surface area (Å²) in [5, 5.41) is 0.989. The van der Waals surface area contributed by atoms with E-state index in [9.17, 15) is 4.79 Å². The van der Waals surface area contributed by atoms with Crippen molar-refractivity contribution in [1.82, 2.24) is 4.57 Å². The van der Waals surface area contributed by atoms with Crippen LogP contribution in [0.1, 0.15) is 45.1 Å². The van der Waals surface area contributed by atoms with Crippen LogP contribution in [0.2, 0.25) is 0 Å². The van der Waals surface area contributed by atoms with Crippen molar-refractivity contribution < 1.29 is 9.47 Å². The Hall–Kier alpha value is -3.53. The van der Waals surface area contributed by atoms with Crippen molar-refractivity contribution in [2.75, 3.05) is 7.11 Å². The Labute approximate surface area is 201 Å². The number of nitrogens with zero attached hydrogens (tertiary/aromatic N) is 1. The molecule has 0 saturated carbocycles. The molecule has 0 amide bonds. The highest BCUT2D eigenvalue weighted by atomic mass is 16.5. The summed E-state index contributed by atoms with van der Waals surface area (Å²) in [6.45, 7) is 4.80. The highest BCUT2D eigenvalue weighted by Gasteiger charge is 2.19. The van der Waals surface area contributed by atoms with Crippen molar-refractivity contribution in [3.05, 3.63) is 94.8 Å². The number of para-hydroxylation sites is 1. The lowest BCUT2D eigenvalue weighted by molar-refractivity contribution is 0.183. The van der Waals surface area contributed by atoms with Gasteiger partial charge < -0.3 is 14.0 Å². The molecule has 0 aliphatic rings. The van der Waals surface area contributed by atoms with Gasteiger partial charge in [-0.05, 0) is 42.2 Å². The zero-order valence-corrected chi connectivity index (χ0v) is 20.3. The Morgan fingerprint density at radius 1 is 0.912 bits per heavy atom. The number of hydrogen-bond donors (Lipinski definition) is 0. The molecule has 1 atom stereocenters. The van der Waals surface area contributed by atoms with Gasteiger partial charge in [0.2, 0.25) is 0 Å². The largest absolute Gasteiger partial charge is 0.491 e. The first kappa shape index (κ1) is 23.6. The standard InChI is InChI=1S/C30H33NO3/c1-4-6-16-24(5-2)34-25-17-12-13-22(20-25)21-31-27-19-11-10-18-26(27)28(29(33-3)30(31)32)23-14-8-7-9-15-23/h7-15,17-20,24H,4-6,16,21H2,1-3H3. The minimum absolute atomic E-state index is 0.138. The smallest absolute Gasteiger partial charge is 0.294 e. The molecule has 4 nitrogen and oxygen atoms in total. The first-order valence-corrected chi connectivity index (χ1v) is 12.2. The van der Waals surface area contributed by atoms with Gasteiger partial charge in [0.1, 0.15) is 5.75 Å². The molecule has 0 saturated heterocycles. The third-order valence-corrected chi connectivity index (χ3v) is 6.27. The molecule has 0 fully saturated rings. The van der Waals surface area contributed by atoms with Gasteiger partial charge in [0.05, 0.1) is 25.3 Å². The van der Waals surface area contributed by atoms with Crippen LogP contribution in [0.25, 0.3) is 22.0 Å². The van der Waals surface area contributed by atoms with Gasteiger partial charge in [-0.1, -0.05) is 87.4 Å². The van der Waals surface area contributed by atoms with Gasteiger partial charge in [0, 0.05) is 10.9 Å². The van der Waals surface area contributed by atoms with Crippen LogP contribution in [-0.4, -0.2) is 17.8 Å². The number of fused-ring (bicyclic) bond motifs is 1. The molecule has 3 aromatic carbocycles. The third kappa shape index (κ3) is 5.01. The Kier molecular flexibility index (Phi) is 7.69. The predicted molar refractivity (Wildman–Crippen MR) is 140 cm³/mol. The van der Waals surface area contributed by atoms with Gasteiger partial charge >= 0.3 is 0 Å². The lowest BCUT2D eigenvalue weighted by atomic mass is 9.99. The van der Waals surface area contributed by atoms with Crippen LogP contribution in [0, 0.1) is 0 Å². The maximum atomic E-state index is 13.6. The molecule has 0 spiro atoms. The molecule has 1 heterocycles. The van der Waals surface area contributed by atoms with E-state index in [1.165, 1.54) is 0 Å². The highest BCUT2D eigenvalue weighted by molar-refractivity contribution is 5.97. The third-order valence-electron chi connectivity index (χ3n) is 6.27. The van der Waals surface area contributed by atoms with Crippen molar-refractivity contribution in [3.63, 3.8) is 0 Å². The number of rotatable bonds is 10. The number of pyridine rings is 1. The topological polar surface area (TPSA) is 40.5 Å². The van der Waals surface area contributed by atoms with E-state index in [4.69, 9.17) is 9.47 Å². The van der Waals surface area contributed by atoms with E-state index < -0.39 is 0 Å². The van der Waals surface area contributed by atoms with Crippen LogP contribution in [0.5, 0.6) is 11.5 Å². The van der Waals surface area contributed by atoms with E-state index in [1.807, 2.05) is 72.8 Å². The lowest BCUT2D eigenvalue weighted by Gasteiger charge is -2.19. The van der Waals surface area contributed by atoms with E-state index in [-0.39, 0.29) is 11.7 Å². The number of aromatic nitrogens is 1. The quantitative estimate of drug-likeness (QED) is 0.257. The van der Waals surface area contributed by atoms with E-state index in [2.05, 4.69) is 19.9 Å². The molecule has 0 N–H and O–H groups in total. The Balaban J connectivity index is 1.76. The molecular weight excluding hydrogens is 422 g/mol. The van der Waals surface area contributed by atoms with Crippen molar-refractivity contribution in [2.45, 2.75) is 52.2 Å². The van der Waals surface area contributed by atoms with Crippen molar-refractivity contribution in [3.8, 4) is 22.6 Å². The maximum absolute atomic E-state index is 13.6. The predicted octanol–water partition coefficient (Wildman–Crippen LogP) is 7.07. The SMILES string of the molecule is CCCCC(CC)Oc1cccc(Cn2c(=O)c(OC)c(-c3ccccc3)c3ccccc32)c1. The second-order valence-corrected chi connectivity index (χ2v) is 8.62. The van der Waals surface area contributed by atoms with Crippen LogP contribution in [-0.2, 0) is 6.54 Å². The first-order chi connectivity index (χ1) is 16.7. The van der Waals surface area contributed by atoms with Gasteiger partial charge in [-0.2, -0.15) is 0 Å². The number of methoxy groups -OCH3 is 1. The first-order valence-electron chi connectivity index (χ1n) is 12.2. The fraction of sp³-hybridized carbons (Fsp3) is 0.300. The van der Waals surface area contributed by atoms with Crippen molar-refractivity contribution >= 4 is 10.9 Å². The zero-order chi connectivity index (χ0) is 23.9. The summed E-state index contributed by atoms with van der Waals surface area (Å²) < 4.78 is 13.8. The summed E-state index contributed by atoms with van der Waals surface area (Å²) in [5.41, 5.74) is 3.56. The number of hydrogen-bond acceptors (Lipinski definition) is 3. The molecule has 0 aliphatic heterocycles. The number of ether oxygens (including phenoxy) is 2. The summed E-state index contributed by atoms with van der Waals surface area (Å²) in [6.07, 6.45) is 4.57. The number of unbranched alkanes of at least 4 members (excludes halogenated alkanes) is 1. The minimum Gasteiger partial charge on any atom is -0.491 e. The van der Waals surface area contributed by atoms with Crippen molar-refractivity contribution in [1.29, 1.82) is 0 Å². The van der Waals surface area contributed by atoms with Crippen LogP contribution in [0.15, 0.2) is 83.7 Å². The summed E-state index contributed by atoms with van der Waals surface area (Å²) in [5.74, 6) is 1.22. The molecule has 1 unspecified atom stereocenters. The zero-order valence-electron chi connectivity index (χ0n) is 20.3. The van der Waals surface area contributed by atoms with E-state index in [0.717, 1.165) is 59.0 Å². The highest BCUT2D eigenvalue weighted by Crippen LogP contribution is 2.34. The normalized spacial score (nSPS) is 12.0. The Bertz CT molecular complexity index is 1290. The fourth-order valence-electron chi connectivity index (χ4n) is 4.49. The Morgan fingerprint density at radius 3 is 2.41 bits per heavy atom. The van der Waals surface area contributed by atoms with E-state index in [1.54, 1.807) is 11.7 Å². The van der Waals surface area contributed by atoms with Gasteiger partial charge in [-0.15, -0.1) is 0 Å². The van der Waals surface area contributed by atoms with Gasteiger partial charge in [-0.25, -0.2) is 0 Å². The maximum Gasteiger partial charge on any atom is 0.294 e. The van der Waals surface area contributed by atoms with E-state index in [0.29, 0.717) is 12.3 Å².